The largest absolute Gasteiger partial charge is 0.389 e. The minimum Gasteiger partial charge on any atom is -0.389 e. The molecule has 1 aliphatic carbocycles. The molecule has 90 valence electrons. The Hall–Kier alpha value is -0.820. The van der Waals surface area contributed by atoms with Gasteiger partial charge in [-0.3, -0.25) is 0 Å². The zero-order valence-corrected chi connectivity index (χ0v) is 10.6. The van der Waals surface area contributed by atoms with Gasteiger partial charge in [0, 0.05) is 0 Å². The van der Waals surface area contributed by atoms with E-state index < -0.39 is 0 Å². The smallest absolute Gasteiger partial charge is 0.0750 e. The van der Waals surface area contributed by atoms with Crippen molar-refractivity contribution in [2.24, 2.45) is 11.8 Å². The van der Waals surface area contributed by atoms with Crippen molar-refractivity contribution in [2.75, 3.05) is 0 Å². The van der Waals surface area contributed by atoms with Crippen LogP contribution in [0.2, 0.25) is 0 Å². The molecule has 0 aromatic carbocycles. The third-order valence-electron chi connectivity index (χ3n) is 3.44. The van der Waals surface area contributed by atoms with Crippen molar-refractivity contribution >= 4 is 0 Å². The quantitative estimate of drug-likeness (QED) is 0.665. The fourth-order valence-electron chi connectivity index (χ4n) is 2.04. The first-order valence-corrected chi connectivity index (χ1v) is 6.22. The highest BCUT2D eigenvalue weighted by Gasteiger charge is 2.15. The van der Waals surface area contributed by atoms with E-state index in [-0.39, 0.29) is 6.10 Å². The fourth-order valence-corrected chi connectivity index (χ4v) is 2.04. The summed E-state index contributed by atoms with van der Waals surface area (Å²) in [5, 5.41) is 9.88. The van der Waals surface area contributed by atoms with Crippen LogP contribution >= 0.6 is 0 Å². The van der Waals surface area contributed by atoms with E-state index in [1.54, 1.807) is 0 Å². The summed E-state index contributed by atoms with van der Waals surface area (Å²) in [7, 11) is 0. The number of hydrogen-bond donors (Lipinski definition) is 1. The van der Waals surface area contributed by atoms with Gasteiger partial charge in [-0.25, -0.2) is 0 Å². The predicted octanol–water partition coefficient (Wildman–Crippen LogP) is 3.86. The SMILES string of the molecule is C=C1/C=C\[C@H](C(C)C)CCC(=C)[C@@H](O)CC1. The summed E-state index contributed by atoms with van der Waals surface area (Å²) in [6.45, 7) is 12.5. The van der Waals surface area contributed by atoms with Gasteiger partial charge in [0.25, 0.3) is 0 Å². The number of aliphatic hydroxyl groups is 1. The Balaban J connectivity index is 2.75. The second-order valence-corrected chi connectivity index (χ2v) is 5.18. The van der Waals surface area contributed by atoms with Gasteiger partial charge in [-0.15, -0.1) is 0 Å². The van der Waals surface area contributed by atoms with Crippen LogP contribution in [-0.4, -0.2) is 11.2 Å². The second-order valence-electron chi connectivity index (χ2n) is 5.18. The van der Waals surface area contributed by atoms with Gasteiger partial charge in [-0.2, -0.15) is 0 Å². The van der Waals surface area contributed by atoms with Gasteiger partial charge in [-0.1, -0.05) is 44.7 Å². The van der Waals surface area contributed by atoms with Gasteiger partial charge in [0.05, 0.1) is 6.10 Å². The highest BCUT2D eigenvalue weighted by Crippen LogP contribution is 2.25. The van der Waals surface area contributed by atoms with E-state index in [1.807, 2.05) is 0 Å². The maximum atomic E-state index is 9.88. The molecular formula is C15H24O. The third-order valence-corrected chi connectivity index (χ3v) is 3.44. The van der Waals surface area contributed by atoms with Crippen LogP contribution in [0, 0.1) is 11.8 Å². The summed E-state index contributed by atoms with van der Waals surface area (Å²) in [5.41, 5.74) is 2.09. The van der Waals surface area contributed by atoms with E-state index in [4.69, 9.17) is 0 Å². The van der Waals surface area contributed by atoms with Gasteiger partial charge in [0.2, 0.25) is 0 Å². The Morgan fingerprint density at radius 3 is 2.56 bits per heavy atom. The van der Waals surface area contributed by atoms with Crippen LogP contribution in [0.4, 0.5) is 0 Å². The summed E-state index contributed by atoms with van der Waals surface area (Å²) in [4.78, 5) is 0. The fraction of sp³-hybridized carbons (Fsp3) is 0.600. The van der Waals surface area contributed by atoms with Gasteiger partial charge in [0.1, 0.15) is 0 Å². The van der Waals surface area contributed by atoms with E-state index >= 15 is 0 Å². The van der Waals surface area contributed by atoms with E-state index in [2.05, 4.69) is 39.2 Å². The molecule has 0 aliphatic heterocycles. The first-order chi connectivity index (χ1) is 7.50. The first kappa shape index (κ1) is 13.2. The Labute approximate surface area is 99.6 Å². The Kier molecular flexibility index (Phi) is 5.01. The third kappa shape index (κ3) is 3.97. The van der Waals surface area contributed by atoms with Gasteiger partial charge in [0.15, 0.2) is 0 Å². The molecule has 0 bridgehead atoms. The molecule has 0 aromatic heterocycles. The maximum absolute atomic E-state index is 9.88. The highest BCUT2D eigenvalue weighted by molar-refractivity contribution is 5.17. The first-order valence-electron chi connectivity index (χ1n) is 6.22. The summed E-state index contributed by atoms with van der Waals surface area (Å²) in [5.74, 6) is 1.20. The van der Waals surface area contributed by atoms with Crippen molar-refractivity contribution in [3.63, 3.8) is 0 Å². The molecule has 2 atom stereocenters. The Morgan fingerprint density at radius 2 is 1.94 bits per heavy atom. The summed E-state index contributed by atoms with van der Waals surface area (Å²) >= 11 is 0. The number of rotatable bonds is 1. The van der Waals surface area contributed by atoms with Crippen LogP contribution in [0.3, 0.4) is 0 Å². The second kappa shape index (κ2) is 6.05. The zero-order chi connectivity index (χ0) is 12.1. The van der Waals surface area contributed by atoms with E-state index in [0.29, 0.717) is 11.8 Å². The lowest BCUT2D eigenvalue weighted by molar-refractivity contribution is 0.195. The maximum Gasteiger partial charge on any atom is 0.0750 e. The van der Waals surface area contributed by atoms with Gasteiger partial charge < -0.3 is 5.11 Å². The molecule has 0 saturated carbocycles. The van der Waals surface area contributed by atoms with Crippen LogP contribution in [0.1, 0.15) is 39.5 Å². The zero-order valence-electron chi connectivity index (χ0n) is 10.6. The molecule has 1 rings (SSSR count). The topological polar surface area (TPSA) is 20.2 Å². The van der Waals surface area contributed by atoms with Crippen molar-refractivity contribution in [3.05, 3.63) is 36.5 Å². The normalized spacial score (nSPS) is 30.5. The van der Waals surface area contributed by atoms with Gasteiger partial charge in [-0.05, 0) is 43.1 Å². The molecule has 1 N–H and O–H groups in total. The molecule has 0 saturated heterocycles. The van der Waals surface area contributed by atoms with Crippen LogP contribution in [0.25, 0.3) is 0 Å². The van der Waals surface area contributed by atoms with E-state index in [1.165, 1.54) is 0 Å². The Morgan fingerprint density at radius 1 is 1.25 bits per heavy atom. The number of aliphatic hydroxyl groups excluding tert-OH is 1. The molecule has 0 radical (unpaired) electrons. The van der Waals surface area contributed by atoms with Crippen molar-refractivity contribution in [1.29, 1.82) is 0 Å². The van der Waals surface area contributed by atoms with Crippen molar-refractivity contribution in [3.8, 4) is 0 Å². The number of hydrogen-bond acceptors (Lipinski definition) is 1. The summed E-state index contributed by atoms with van der Waals surface area (Å²) in [6.07, 6.45) is 7.69. The molecule has 0 spiro atoms. The summed E-state index contributed by atoms with van der Waals surface area (Å²) in [6, 6.07) is 0. The molecular weight excluding hydrogens is 196 g/mol. The minimum absolute atomic E-state index is 0.351. The van der Waals surface area contributed by atoms with Crippen LogP contribution in [0.15, 0.2) is 36.5 Å². The van der Waals surface area contributed by atoms with Crippen molar-refractivity contribution < 1.29 is 5.11 Å². The molecule has 1 heteroatoms. The molecule has 16 heavy (non-hydrogen) atoms. The summed E-state index contributed by atoms with van der Waals surface area (Å²) < 4.78 is 0. The average Bonchev–Trinajstić information content (AvgIpc) is 2.23. The molecule has 0 fully saturated rings. The predicted molar refractivity (Wildman–Crippen MR) is 70.2 cm³/mol. The minimum atomic E-state index is -0.351. The van der Waals surface area contributed by atoms with Gasteiger partial charge >= 0.3 is 0 Å². The molecule has 0 heterocycles. The van der Waals surface area contributed by atoms with E-state index in [0.717, 1.165) is 36.8 Å². The van der Waals surface area contributed by atoms with Crippen molar-refractivity contribution in [2.45, 2.75) is 45.6 Å². The molecule has 1 aliphatic rings. The van der Waals surface area contributed by atoms with Crippen LogP contribution in [0.5, 0.6) is 0 Å². The standard InChI is InChI=1S/C15H24O/c1-11(2)14-8-5-12(3)6-10-15(16)13(4)7-9-14/h5,8,11,14-16H,3-4,6-7,9-10H2,1-2H3/b8-5-/t14-,15-/m0/s1. The average molecular weight is 220 g/mol. The van der Waals surface area contributed by atoms with Crippen LogP contribution in [-0.2, 0) is 0 Å². The highest BCUT2D eigenvalue weighted by atomic mass is 16.3. The lowest BCUT2D eigenvalue weighted by Crippen LogP contribution is -2.13. The lowest BCUT2D eigenvalue weighted by atomic mass is 9.86. The van der Waals surface area contributed by atoms with Crippen LogP contribution < -0.4 is 0 Å². The van der Waals surface area contributed by atoms with Crippen molar-refractivity contribution in [1.82, 2.24) is 0 Å². The molecule has 0 unspecified atom stereocenters. The molecule has 1 nitrogen and oxygen atoms in total. The van der Waals surface area contributed by atoms with E-state index in [9.17, 15) is 5.11 Å². The monoisotopic (exact) mass is 220 g/mol. The Bertz CT molecular complexity index is 286. The molecule has 0 amide bonds. The lowest BCUT2D eigenvalue weighted by Gasteiger charge is -2.21. The number of allylic oxidation sites excluding steroid dienone is 3. The molecule has 0 aromatic rings.